The van der Waals surface area contributed by atoms with Gasteiger partial charge in [0.1, 0.15) is 12.4 Å². The zero-order valence-electron chi connectivity index (χ0n) is 16.1. The third kappa shape index (κ3) is 3.83. The van der Waals surface area contributed by atoms with Gasteiger partial charge in [0.25, 0.3) is 0 Å². The van der Waals surface area contributed by atoms with E-state index in [1.165, 1.54) is 17.0 Å². The third-order valence-corrected chi connectivity index (χ3v) is 6.55. The molecule has 148 valence electrons. The number of fused-ring (bicyclic) bond motifs is 1. The van der Waals surface area contributed by atoms with Gasteiger partial charge in [-0.15, -0.1) is 11.3 Å². The Labute approximate surface area is 169 Å². The van der Waals surface area contributed by atoms with Crippen LogP contribution in [0.1, 0.15) is 54.7 Å². The van der Waals surface area contributed by atoms with E-state index in [2.05, 4.69) is 11.4 Å². The predicted molar refractivity (Wildman–Crippen MR) is 108 cm³/mol. The van der Waals surface area contributed by atoms with Crippen molar-refractivity contribution in [1.82, 2.24) is 9.80 Å². The number of rotatable bonds is 6. The highest BCUT2D eigenvalue weighted by molar-refractivity contribution is 7.10. The van der Waals surface area contributed by atoms with Crippen molar-refractivity contribution >= 4 is 23.2 Å². The van der Waals surface area contributed by atoms with Gasteiger partial charge in [-0.25, -0.2) is 4.39 Å². The maximum Gasteiger partial charge on any atom is 0.243 e. The van der Waals surface area contributed by atoms with Crippen molar-refractivity contribution in [2.75, 3.05) is 13.1 Å². The molecule has 2 heterocycles. The molecule has 4 nitrogen and oxygen atoms in total. The van der Waals surface area contributed by atoms with Crippen molar-refractivity contribution in [2.45, 2.75) is 51.1 Å². The first-order valence-corrected chi connectivity index (χ1v) is 10.9. The predicted octanol–water partition coefficient (Wildman–Crippen LogP) is 4.15. The third-order valence-electron chi connectivity index (χ3n) is 5.55. The van der Waals surface area contributed by atoms with E-state index in [1.54, 1.807) is 28.4 Å². The minimum atomic E-state index is -0.284. The molecule has 1 aliphatic heterocycles. The number of benzene rings is 1. The van der Waals surface area contributed by atoms with Crippen molar-refractivity contribution in [3.05, 3.63) is 57.5 Å². The Kier molecular flexibility index (Phi) is 5.49. The molecule has 1 atom stereocenters. The highest BCUT2D eigenvalue weighted by atomic mass is 32.1. The van der Waals surface area contributed by atoms with E-state index in [1.807, 2.05) is 11.8 Å². The number of halogens is 1. The van der Waals surface area contributed by atoms with Crippen LogP contribution in [0.4, 0.5) is 4.39 Å². The molecule has 2 aromatic rings. The Hall–Kier alpha value is -2.21. The Morgan fingerprint density at radius 1 is 1.21 bits per heavy atom. The topological polar surface area (TPSA) is 40.6 Å². The van der Waals surface area contributed by atoms with Gasteiger partial charge < -0.3 is 9.80 Å². The molecule has 2 aliphatic rings. The van der Waals surface area contributed by atoms with Crippen molar-refractivity contribution < 1.29 is 14.0 Å². The summed E-state index contributed by atoms with van der Waals surface area (Å²) in [5, 5.41) is 2.05. The van der Waals surface area contributed by atoms with Gasteiger partial charge in [0.2, 0.25) is 11.8 Å². The number of amides is 2. The smallest absolute Gasteiger partial charge is 0.243 e. The lowest BCUT2D eigenvalue weighted by Gasteiger charge is -2.37. The normalized spacial score (nSPS) is 18.6. The van der Waals surface area contributed by atoms with E-state index < -0.39 is 0 Å². The Bertz CT molecular complexity index is 860. The molecule has 4 rings (SSSR count). The molecule has 0 radical (unpaired) electrons. The largest absolute Gasteiger partial charge is 0.330 e. The van der Waals surface area contributed by atoms with Gasteiger partial charge in [-0.2, -0.15) is 0 Å². The van der Waals surface area contributed by atoms with Crippen LogP contribution in [0.2, 0.25) is 0 Å². The summed E-state index contributed by atoms with van der Waals surface area (Å²) in [6, 6.07) is 8.47. The first kappa shape index (κ1) is 19.1. The van der Waals surface area contributed by atoms with Crippen LogP contribution in [-0.2, 0) is 16.0 Å². The van der Waals surface area contributed by atoms with Crippen LogP contribution in [-0.4, -0.2) is 40.7 Å². The molecule has 1 aromatic carbocycles. The molecule has 1 aliphatic carbocycles. The summed E-state index contributed by atoms with van der Waals surface area (Å²) in [5.74, 6) is -0.236. The van der Waals surface area contributed by atoms with Crippen molar-refractivity contribution in [3.8, 4) is 0 Å². The molecule has 2 amide bonds. The van der Waals surface area contributed by atoms with E-state index >= 15 is 0 Å². The lowest BCUT2D eigenvalue weighted by molar-refractivity contribution is -0.142. The average Bonchev–Trinajstić information content (AvgIpc) is 3.42. The summed E-state index contributed by atoms with van der Waals surface area (Å²) in [6.45, 7) is 2.74. The second-order valence-corrected chi connectivity index (χ2v) is 8.59. The molecule has 1 unspecified atom stereocenters. The second kappa shape index (κ2) is 8.03. The van der Waals surface area contributed by atoms with Gasteiger partial charge in [0.05, 0.1) is 6.04 Å². The zero-order chi connectivity index (χ0) is 19.7. The van der Waals surface area contributed by atoms with Gasteiger partial charge in [-0.05, 0) is 60.4 Å². The fourth-order valence-corrected chi connectivity index (χ4v) is 4.89. The fraction of sp³-hybridized carbons (Fsp3) is 0.455. The number of hydrogen-bond acceptors (Lipinski definition) is 3. The molecule has 1 saturated carbocycles. The Morgan fingerprint density at radius 2 is 1.96 bits per heavy atom. The lowest BCUT2D eigenvalue weighted by Crippen LogP contribution is -2.47. The monoisotopic (exact) mass is 400 g/mol. The van der Waals surface area contributed by atoms with Gasteiger partial charge in [-0.3, -0.25) is 9.59 Å². The number of carbonyl (C=O) groups is 2. The van der Waals surface area contributed by atoms with Crippen LogP contribution in [0.15, 0.2) is 35.7 Å². The van der Waals surface area contributed by atoms with Crippen LogP contribution in [0, 0.1) is 5.82 Å². The summed E-state index contributed by atoms with van der Waals surface area (Å²) in [4.78, 5) is 30.7. The first-order valence-electron chi connectivity index (χ1n) is 9.99. The van der Waals surface area contributed by atoms with Crippen molar-refractivity contribution in [2.24, 2.45) is 0 Å². The molecule has 0 saturated heterocycles. The molecule has 6 heteroatoms. The van der Waals surface area contributed by atoms with Gasteiger partial charge in [0, 0.05) is 23.9 Å². The standard InChI is InChI=1S/C22H25FN2O2S/c1-2-3-20(26)25(17-8-9-17)14-21(27)24-12-10-19-18(11-13-28-19)22(24)15-4-6-16(23)7-5-15/h4-7,11,13,17,22H,2-3,8-10,12,14H2,1H3. The first-order chi connectivity index (χ1) is 13.6. The minimum absolute atomic E-state index is 0.0254. The zero-order valence-corrected chi connectivity index (χ0v) is 16.9. The highest BCUT2D eigenvalue weighted by Crippen LogP contribution is 2.38. The molecule has 1 aromatic heterocycles. The van der Waals surface area contributed by atoms with Crippen molar-refractivity contribution in [3.63, 3.8) is 0 Å². The molecule has 0 spiro atoms. The number of nitrogens with zero attached hydrogens (tertiary/aromatic N) is 2. The molecule has 0 bridgehead atoms. The summed E-state index contributed by atoms with van der Waals surface area (Å²) in [6.07, 6.45) is 4.07. The summed E-state index contributed by atoms with van der Waals surface area (Å²) in [5.41, 5.74) is 2.03. The molecular formula is C22H25FN2O2S. The van der Waals surface area contributed by atoms with E-state index in [0.29, 0.717) is 13.0 Å². The Morgan fingerprint density at radius 3 is 2.64 bits per heavy atom. The van der Waals surface area contributed by atoms with Crippen LogP contribution in [0.25, 0.3) is 0 Å². The maximum atomic E-state index is 13.5. The van der Waals surface area contributed by atoms with Gasteiger partial charge in [0.15, 0.2) is 0 Å². The van der Waals surface area contributed by atoms with E-state index in [-0.39, 0.29) is 36.3 Å². The second-order valence-electron chi connectivity index (χ2n) is 7.59. The average molecular weight is 401 g/mol. The number of hydrogen-bond donors (Lipinski definition) is 0. The van der Waals surface area contributed by atoms with E-state index in [4.69, 9.17) is 0 Å². The van der Waals surface area contributed by atoms with E-state index in [0.717, 1.165) is 36.8 Å². The highest BCUT2D eigenvalue weighted by Gasteiger charge is 2.37. The maximum absolute atomic E-state index is 13.5. The summed E-state index contributed by atoms with van der Waals surface area (Å²) < 4.78 is 13.5. The fourth-order valence-electron chi connectivity index (χ4n) is 3.99. The van der Waals surface area contributed by atoms with Crippen LogP contribution in [0.3, 0.4) is 0 Å². The number of thiophene rings is 1. The number of carbonyl (C=O) groups excluding carboxylic acids is 2. The van der Waals surface area contributed by atoms with Gasteiger partial charge in [-0.1, -0.05) is 19.1 Å². The van der Waals surface area contributed by atoms with Crippen LogP contribution in [0.5, 0.6) is 0 Å². The summed E-state index contributed by atoms with van der Waals surface area (Å²) in [7, 11) is 0. The minimum Gasteiger partial charge on any atom is -0.330 e. The quantitative estimate of drug-likeness (QED) is 0.731. The molecular weight excluding hydrogens is 375 g/mol. The Balaban J connectivity index is 1.60. The van der Waals surface area contributed by atoms with Gasteiger partial charge >= 0.3 is 0 Å². The van der Waals surface area contributed by atoms with Crippen molar-refractivity contribution in [1.29, 1.82) is 0 Å². The lowest BCUT2D eigenvalue weighted by atomic mass is 9.93. The summed E-state index contributed by atoms with van der Waals surface area (Å²) >= 11 is 1.70. The van der Waals surface area contributed by atoms with E-state index in [9.17, 15) is 14.0 Å². The SMILES string of the molecule is CCCC(=O)N(CC(=O)N1CCc2sccc2C1c1ccc(F)cc1)C1CC1. The molecule has 1 fully saturated rings. The van der Waals surface area contributed by atoms with Crippen LogP contribution < -0.4 is 0 Å². The van der Waals surface area contributed by atoms with Crippen LogP contribution >= 0.6 is 11.3 Å². The molecule has 28 heavy (non-hydrogen) atoms. The molecule has 0 N–H and O–H groups in total.